The predicted octanol–water partition coefficient (Wildman–Crippen LogP) is 2.17. The van der Waals surface area contributed by atoms with E-state index in [4.69, 9.17) is 16.3 Å². The molecule has 2 aromatic rings. The van der Waals surface area contributed by atoms with E-state index >= 15 is 0 Å². The fourth-order valence-electron chi connectivity index (χ4n) is 1.27. The van der Waals surface area contributed by atoms with Crippen molar-refractivity contribution in [1.82, 2.24) is 20.2 Å². The number of alkyl halides is 1. The average Bonchev–Trinajstić information content (AvgIpc) is 2.78. The molecule has 0 aliphatic rings. The van der Waals surface area contributed by atoms with E-state index in [2.05, 4.69) is 31.5 Å². The summed E-state index contributed by atoms with van der Waals surface area (Å²) in [5.41, 5.74) is 0.806. The fraction of sp³-hybridized carbons (Fsp3) is 0.222. The fourth-order valence-corrected chi connectivity index (χ4v) is 1.84. The van der Waals surface area contributed by atoms with Gasteiger partial charge in [0.25, 0.3) is 0 Å². The van der Waals surface area contributed by atoms with E-state index < -0.39 is 0 Å². The Labute approximate surface area is 105 Å². The van der Waals surface area contributed by atoms with Gasteiger partial charge in [-0.05, 0) is 38.5 Å². The number of aromatic nitrogens is 4. The van der Waals surface area contributed by atoms with Crippen molar-refractivity contribution >= 4 is 27.5 Å². The number of ether oxygens (including phenoxy) is 1. The van der Waals surface area contributed by atoms with Crippen LogP contribution in [0.1, 0.15) is 5.82 Å². The first-order valence-electron chi connectivity index (χ1n) is 4.43. The Morgan fingerprint density at radius 2 is 2.31 bits per heavy atom. The van der Waals surface area contributed by atoms with Gasteiger partial charge in [-0.25, -0.2) is 0 Å². The van der Waals surface area contributed by atoms with Gasteiger partial charge in [-0.15, -0.1) is 16.7 Å². The van der Waals surface area contributed by atoms with Crippen LogP contribution in [0.4, 0.5) is 0 Å². The highest BCUT2D eigenvalue weighted by molar-refractivity contribution is 9.10. The van der Waals surface area contributed by atoms with Crippen molar-refractivity contribution in [2.24, 2.45) is 0 Å². The largest absolute Gasteiger partial charge is 0.495 e. The lowest BCUT2D eigenvalue weighted by molar-refractivity contribution is 0.412. The maximum absolute atomic E-state index is 5.72. The molecule has 2 rings (SSSR count). The number of hydrogen-bond donors (Lipinski definition) is 0. The van der Waals surface area contributed by atoms with Crippen molar-refractivity contribution in [2.45, 2.75) is 5.88 Å². The lowest BCUT2D eigenvalue weighted by atomic mass is 10.3. The van der Waals surface area contributed by atoms with Gasteiger partial charge in [0.1, 0.15) is 5.75 Å². The molecule has 0 N–H and O–H groups in total. The summed E-state index contributed by atoms with van der Waals surface area (Å²) in [6, 6.07) is 5.57. The molecule has 7 heteroatoms. The normalized spacial score (nSPS) is 10.4. The van der Waals surface area contributed by atoms with E-state index in [1.165, 1.54) is 0 Å². The van der Waals surface area contributed by atoms with Gasteiger partial charge in [-0.1, -0.05) is 0 Å². The Morgan fingerprint density at radius 1 is 1.50 bits per heavy atom. The molecule has 0 radical (unpaired) electrons. The van der Waals surface area contributed by atoms with E-state index in [1.54, 1.807) is 11.8 Å². The molecule has 0 atom stereocenters. The molecular formula is C9H8BrClN4O. The molecule has 1 heterocycles. The third-order valence-corrected chi connectivity index (χ3v) is 2.93. The second-order valence-corrected chi connectivity index (χ2v) is 4.08. The maximum atomic E-state index is 5.72. The van der Waals surface area contributed by atoms with Gasteiger partial charge in [0.2, 0.25) is 0 Å². The highest BCUT2D eigenvalue weighted by atomic mass is 79.9. The number of tetrazole rings is 1. The van der Waals surface area contributed by atoms with Crippen molar-refractivity contribution in [3.63, 3.8) is 0 Å². The van der Waals surface area contributed by atoms with Gasteiger partial charge in [0, 0.05) is 6.07 Å². The third kappa shape index (κ3) is 2.03. The van der Waals surface area contributed by atoms with Crippen LogP contribution in [0.2, 0.25) is 0 Å². The molecule has 0 unspecified atom stereocenters. The zero-order valence-corrected chi connectivity index (χ0v) is 10.7. The molecule has 0 aliphatic heterocycles. The zero-order chi connectivity index (χ0) is 11.5. The number of hydrogen-bond acceptors (Lipinski definition) is 4. The molecule has 1 aromatic heterocycles. The Bertz CT molecular complexity index is 502. The number of nitrogens with zero attached hydrogens (tertiary/aromatic N) is 4. The Balaban J connectivity index is 2.48. The first kappa shape index (κ1) is 11.3. The lowest BCUT2D eigenvalue weighted by Crippen LogP contribution is -2.01. The summed E-state index contributed by atoms with van der Waals surface area (Å²) in [6.07, 6.45) is 0. The number of benzene rings is 1. The molecule has 0 spiro atoms. The SMILES string of the molecule is COc1cc(-n2nnnc2CCl)ccc1Br. The number of methoxy groups -OCH3 is 1. The molecule has 0 bridgehead atoms. The number of rotatable bonds is 3. The molecule has 0 amide bonds. The molecular weight excluding hydrogens is 295 g/mol. The third-order valence-electron chi connectivity index (χ3n) is 2.03. The van der Waals surface area contributed by atoms with Gasteiger partial charge in [0.05, 0.1) is 23.1 Å². The molecule has 0 saturated heterocycles. The van der Waals surface area contributed by atoms with Crippen LogP contribution < -0.4 is 4.74 Å². The summed E-state index contributed by atoms with van der Waals surface area (Å²) in [5, 5.41) is 11.2. The quantitative estimate of drug-likeness (QED) is 0.816. The van der Waals surface area contributed by atoms with Crippen molar-refractivity contribution in [3.05, 3.63) is 28.5 Å². The Morgan fingerprint density at radius 3 is 3.00 bits per heavy atom. The summed E-state index contributed by atoms with van der Waals surface area (Å²) >= 11 is 9.10. The van der Waals surface area contributed by atoms with Gasteiger partial charge >= 0.3 is 0 Å². The van der Waals surface area contributed by atoms with Crippen LogP contribution in [0.5, 0.6) is 5.75 Å². The molecule has 84 valence electrons. The van der Waals surface area contributed by atoms with E-state index in [1.807, 2.05) is 18.2 Å². The van der Waals surface area contributed by atoms with Gasteiger partial charge in [-0.3, -0.25) is 0 Å². The monoisotopic (exact) mass is 302 g/mol. The molecule has 0 fully saturated rings. The van der Waals surface area contributed by atoms with Crippen LogP contribution >= 0.6 is 27.5 Å². The minimum Gasteiger partial charge on any atom is -0.495 e. The van der Waals surface area contributed by atoms with Gasteiger partial charge < -0.3 is 4.74 Å². The average molecular weight is 304 g/mol. The highest BCUT2D eigenvalue weighted by Crippen LogP contribution is 2.27. The molecule has 16 heavy (non-hydrogen) atoms. The Hall–Kier alpha value is -1.14. The highest BCUT2D eigenvalue weighted by Gasteiger charge is 2.09. The van der Waals surface area contributed by atoms with Crippen LogP contribution in [0, 0.1) is 0 Å². The van der Waals surface area contributed by atoms with Crippen LogP contribution in [0.3, 0.4) is 0 Å². The summed E-state index contributed by atoms with van der Waals surface area (Å²) in [7, 11) is 1.60. The van der Waals surface area contributed by atoms with Crippen molar-refractivity contribution in [2.75, 3.05) is 7.11 Å². The first-order chi connectivity index (χ1) is 7.76. The van der Waals surface area contributed by atoms with E-state index in [-0.39, 0.29) is 5.88 Å². The van der Waals surface area contributed by atoms with Gasteiger partial charge in [0.15, 0.2) is 5.82 Å². The lowest BCUT2D eigenvalue weighted by Gasteiger charge is -2.06. The molecule has 0 saturated carbocycles. The van der Waals surface area contributed by atoms with E-state index in [9.17, 15) is 0 Å². The van der Waals surface area contributed by atoms with E-state index in [0.717, 1.165) is 10.2 Å². The van der Waals surface area contributed by atoms with E-state index in [0.29, 0.717) is 11.6 Å². The molecule has 0 aliphatic carbocycles. The smallest absolute Gasteiger partial charge is 0.171 e. The van der Waals surface area contributed by atoms with Crippen LogP contribution in [0.15, 0.2) is 22.7 Å². The van der Waals surface area contributed by atoms with Gasteiger partial charge in [-0.2, -0.15) is 4.68 Å². The Kier molecular flexibility index (Phi) is 3.40. The predicted molar refractivity (Wildman–Crippen MR) is 63.0 cm³/mol. The minimum atomic E-state index is 0.255. The van der Waals surface area contributed by atoms with Crippen LogP contribution in [-0.2, 0) is 5.88 Å². The van der Waals surface area contributed by atoms with Crippen molar-refractivity contribution in [1.29, 1.82) is 0 Å². The van der Waals surface area contributed by atoms with Crippen molar-refractivity contribution < 1.29 is 4.74 Å². The second-order valence-electron chi connectivity index (χ2n) is 2.96. The zero-order valence-electron chi connectivity index (χ0n) is 8.39. The topological polar surface area (TPSA) is 52.8 Å². The molecule has 1 aromatic carbocycles. The summed E-state index contributed by atoms with van der Waals surface area (Å²) in [5.74, 6) is 1.56. The first-order valence-corrected chi connectivity index (χ1v) is 5.76. The number of halogens is 2. The second kappa shape index (κ2) is 4.80. The summed E-state index contributed by atoms with van der Waals surface area (Å²) in [4.78, 5) is 0. The summed E-state index contributed by atoms with van der Waals surface area (Å²) in [6.45, 7) is 0. The van der Waals surface area contributed by atoms with Crippen LogP contribution in [0.25, 0.3) is 5.69 Å². The summed E-state index contributed by atoms with van der Waals surface area (Å²) < 4.78 is 7.64. The maximum Gasteiger partial charge on any atom is 0.171 e. The van der Waals surface area contributed by atoms with Crippen LogP contribution in [-0.4, -0.2) is 27.3 Å². The molecule has 5 nitrogen and oxygen atoms in total. The standard InChI is InChI=1S/C9H8BrClN4O/c1-16-8-4-6(2-3-7(8)10)15-9(5-11)12-13-14-15/h2-4H,5H2,1H3. The minimum absolute atomic E-state index is 0.255. The van der Waals surface area contributed by atoms with Crippen molar-refractivity contribution in [3.8, 4) is 11.4 Å².